The first-order valence-corrected chi connectivity index (χ1v) is 6.14. The van der Waals surface area contributed by atoms with E-state index in [1.54, 1.807) is 20.0 Å². The highest BCUT2D eigenvalue weighted by Crippen LogP contribution is 2.13. The molecule has 2 aromatic rings. The molecule has 1 amide bonds. The lowest BCUT2D eigenvalue weighted by molar-refractivity contribution is 0.0961. The fraction of sp³-hybridized carbons (Fsp3) is 0.308. The minimum Gasteiger partial charge on any atom is -0.355 e. The van der Waals surface area contributed by atoms with Gasteiger partial charge < -0.3 is 10.6 Å². The highest BCUT2D eigenvalue weighted by molar-refractivity contribution is 5.94. The van der Waals surface area contributed by atoms with E-state index in [2.05, 4.69) is 30.6 Å². The van der Waals surface area contributed by atoms with Crippen LogP contribution in [0.2, 0.25) is 0 Å². The van der Waals surface area contributed by atoms with Crippen molar-refractivity contribution in [2.75, 3.05) is 12.4 Å². The average Bonchev–Trinajstić information content (AvgIpc) is 2.36. The van der Waals surface area contributed by atoms with Crippen LogP contribution in [0, 0.1) is 20.8 Å². The van der Waals surface area contributed by atoms with Crippen molar-refractivity contribution in [1.29, 1.82) is 0 Å². The van der Waals surface area contributed by atoms with Crippen LogP contribution >= 0.6 is 0 Å². The molecule has 0 aliphatic rings. The van der Waals surface area contributed by atoms with Gasteiger partial charge in [0.05, 0.1) is 11.3 Å². The number of aryl methyl sites for hydroxylation is 3. The summed E-state index contributed by atoms with van der Waals surface area (Å²) in [6.45, 7) is 5.47. The Hall–Kier alpha value is -2.57. The Bertz CT molecular complexity index is 635. The Morgan fingerprint density at radius 1 is 1.15 bits per heavy atom. The first kappa shape index (κ1) is 13.9. The van der Waals surface area contributed by atoms with Crippen molar-refractivity contribution in [3.63, 3.8) is 0 Å². The third kappa shape index (κ3) is 3.05. The van der Waals surface area contributed by atoms with E-state index in [1.165, 1.54) is 6.20 Å². The van der Waals surface area contributed by atoms with Crippen molar-refractivity contribution >= 4 is 17.7 Å². The Morgan fingerprint density at radius 2 is 1.90 bits per heavy atom. The molecule has 0 fully saturated rings. The topological polar surface area (TPSA) is 92.7 Å². The van der Waals surface area contributed by atoms with Gasteiger partial charge in [0.1, 0.15) is 11.6 Å². The van der Waals surface area contributed by atoms with Gasteiger partial charge in [-0.2, -0.15) is 0 Å². The normalized spacial score (nSPS) is 10.2. The Kier molecular flexibility index (Phi) is 3.88. The van der Waals surface area contributed by atoms with Gasteiger partial charge in [-0.1, -0.05) is 0 Å². The van der Waals surface area contributed by atoms with Gasteiger partial charge in [0.15, 0.2) is 0 Å². The molecule has 0 atom stereocenters. The largest absolute Gasteiger partial charge is 0.355 e. The van der Waals surface area contributed by atoms with Crippen LogP contribution in [-0.4, -0.2) is 32.9 Å². The Balaban J connectivity index is 2.26. The van der Waals surface area contributed by atoms with Gasteiger partial charge in [0.25, 0.3) is 5.91 Å². The number of anilines is 2. The van der Waals surface area contributed by atoms with E-state index >= 15 is 0 Å². The van der Waals surface area contributed by atoms with Crippen molar-refractivity contribution < 1.29 is 4.79 Å². The predicted molar refractivity (Wildman–Crippen MR) is 74.9 cm³/mol. The molecular formula is C13H16N6O. The number of nitrogens with one attached hydrogen (secondary N) is 2. The fourth-order valence-electron chi connectivity index (χ4n) is 1.78. The van der Waals surface area contributed by atoms with Crippen molar-refractivity contribution in [2.45, 2.75) is 20.8 Å². The van der Waals surface area contributed by atoms with Crippen LogP contribution in [0.1, 0.15) is 27.6 Å². The van der Waals surface area contributed by atoms with Crippen LogP contribution < -0.4 is 10.6 Å². The zero-order valence-corrected chi connectivity index (χ0v) is 11.9. The standard InChI is InChI=1S/C13H16N6O/c1-7-5-11(18-9(3)16-7)19-13-15-6-10(8(2)17-13)12(20)14-4/h5-6H,1-4H3,(H,14,20)(H,15,16,17,18,19). The van der Waals surface area contributed by atoms with Crippen molar-refractivity contribution in [1.82, 2.24) is 25.3 Å². The summed E-state index contributed by atoms with van der Waals surface area (Å²) in [5.41, 5.74) is 1.91. The van der Waals surface area contributed by atoms with Crippen molar-refractivity contribution in [3.8, 4) is 0 Å². The molecule has 0 radical (unpaired) electrons. The molecule has 0 unspecified atom stereocenters. The first-order valence-electron chi connectivity index (χ1n) is 6.14. The summed E-state index contributed by atoms with van der Waals surface area (Å²) in [4.78, 5) is 28.4. The quantitative estimate of drug-likeness (QED) is 0.874. The summed E-state index contributed by atoms with van der Waals surface area (Å²) < 4.78 is 0. The van der Waals surface area contributed by atoms with Crippen molar-refractivity contribution in [2.24, 2.45) is 0 Å². The molecule has 2 N–H and O–H groups in total. The maximum atomic E-state index is 11.6. The van der Waals surface area contributed by atoms with Crippen molar-refractivity contribution in [3.05, 3.63) is 35.0 Å². The van der Waals surface area contributed by atoms with Crippen LogP contribution in [0.15, 0.2) is 12.3 Å². The molecule has 2 rings (SSSR count). The zero-order valence-electron chi connectivity index (χ0n) is 11.9. The lowest BCUT2D eigenvalue weighted by Gasteiger charge is -2.08. The number of aromatic nitrogens is 4. The van der Waals surface area contributed by atoms with Crippen LogP contribution in [-0.2, 0) is 0 Å². The molecular weight excluding hydrogens is 256 g/mol. The third-order valence-electron chi connectivity index (χ3n) is 2.66. The fourth-order valence-corrected chi connectivity index (χ4v) is 1.78. The molecule has 2 heterocycles. The lowest BCUT2D eigenvalue weighted by atomic mass is 10.2. The molecule has 0 spiro atoms. The molecule has 0 aliphatic carbocycles. The van der Waals surface area contributed by atoms with Gasteiger partial charge in [-0.3, -0.25) is 4.79 Å². The molecule has 104 valence electrons. The molecule has 7 nitrogen and oxygen atoms in total. The summed E-state index contributed by atoms with van der Waals surface area (Å²) in [7, 11) is 1.57. The predicted octanol–water partition coefficient (Wildman–Crippen LogP) is 1.30. The summed E-state index contributed by atoms with van der Waals surface area (Å²) >= 11 is 0. The summed E-state index contributed by atoms with van der Waals surface area (Å²) in [6, 6.07) is 1.80. The maximum Gasteiger partial charge on any atom is 0.254 e. The number of rotatable bonds is 3. The number of carbonyl (C=O) groups is 1. The summed E-state index contributed by atoms with van der Waals surface area (Å²) in [6.07, 6.45) is 1.49. The van der Waals surface area contributed by atoms with Gasteiger partial charge in [-0.15, -0.1) is 0 Å². The smallest absolute Gasteiger partial charge is 0.254 e. The Morgan fingerprint density at radius 3 is 2.50 bits per heavy atom. The number of hydrogen-bond donors (Lipinski definition) is 2. The van der Waals surface area contributed by atoms with E-state index in [0.29, 0.717) is 28.8 Å². The lowest BCUT2D eigenvalue weighted by Crippen LogP contribution is -2.20. The number of carbonyl (C=O) groups excluding carboxylic acids is 1. The van der Waals surface area contributed by atoms with Gasteiger partial charge in [-0.25, -0.2) is 19.9 Å². The van der Waals surface area contributed by atoms with Gasteiger partial charge in [-0.05, 0) is 20.8 Å². The molecule has 2 aromatic heterocycles. The van der Waals surface area contributed by atoms with Gasteiger partial charge in [0, 0.05) is 25.0 Å². The van der Waals surface area contributed by atoms with Crippen LogP contribution in [0.5, 0.6) is 0 Å². The molecule has 0 aliphatic heterocycles. The molecule has 0 aromatic carbocycles. The monoisotopic (exact) mass is 272 g/mol. The number of amides is 1. The van der Waals surface area contributed by atoms with E-state index in [-0.39, 0.29) is 5.91 Å². The Labute approximate surface area is 116 Å². The van der Waals surface area contributed by atoms with E-state index in [4.69, 9.17) is 0 Å². The second kappa shape index (κ2) is 5.60. The molecule has 20 heavy (non-hydrogen) atoms. The SMILES string of the molecule is CNC(=O)c1cnc(Nc2cc(C)nc(C)n2)nc1C. The zero-order chi connectivity index (χ0) is 14.7. The molecule has 7 heteroatoms. The number of hydrogen-bond acceptors (Lipinski definition) is 6. The second-order valence-electron chi connectivity index (χ2n) is 4.34. The van der Waals surface area contributed by atoms with Crippen LogP contribution in [0.3, 0.4) is 0 Å². The average molecular weight is 272 g/mol. The molecule has 0 bridgehead atoms. The first-order chi connectivity index (χ1) is 9.49. The minimum atomic E-state index is -0.206. The highest BCUT2D eigenvalue weighted by Gasteiger charge is 2.10. The van der Waals surface area contributed by atoms with E-state index in [1.807, 2.05) is 13.8 Å². The van der Waals surface area contributed by atoms with Gasteiger partial charge >= 0.3 is 0 Å². The molecule has 0 saturated heterocycles. The maximum absolute atomic E-state index is 11.6. The summed E-state index contributed by atoms with van der Waals surface area (Å²) in [5.74, 6) is 1.49. The van der Waals surface area contributed by atoms with E-state index in [0.717, 1.165) is 5.69 Å². The van der Waals surface area contributed by atoms with E-state index < -0.39 is 0 Å². The molecule has 0 saturated carbocycles. The summed E-state index contributed by atoms with van der Waals surface area (Å²) in [5, 5.41) is 5.55. The third-order valence-corrected chi connectivity index (χ3v) is 2.66. The van der Waals surface area contributed by atoms with E-state index in [9.17, 15) is 4.79 Å². The van der Waals surface area contributed by atoms with Crippen LogP contribution in [0.4, 0.5) is 11.8 Å². The second-order valence-corrected chi connectivity index (χ2v) is 4.34. The van der Waals surface area contributed by atoms with Crippen LogP contribution in [0.25, 0.3) is 0 Å². The number of nitrogens with zero attached hydrogens (tertiary/aromatic N) is 4. The van der Waals surface area contributed by atoms with Gasteiger partial charge in [0.2, 0.25) is 5.95 Å². The minimum absolute atomic E-state index is 0.206. The highest BCUT2D eigenvalue weighted by atomic mass is 16.1.